The number of nitrogens with zero attached hydrogens (tertiary/aromatic N) is 1. The van der Waals surface area contributed by atoms with Crippen molar-refractivity contribution in [3.63, 3.8) is 0 Å². The molecular formula is C21H25NO3. The third-order valence-corrected chi connectivity index (χ3v) is 5.37. The molecule has 0 saturated carbocycles. The van der Waals surface area contributed by atoms with E-state index in [-0.39, 0.29) is 24.8 Å². The fourth-order valence-corrected chi connectivity index (χ4v) is 4.51. The summed E-state index contributed by atoms with van der Waals surface area (Å²) >= 11 is 0. The van der Waals surface area contributed by atoms with Crippen LogP contribution >= 0.6 is 0 Å². The average molecular weight is 339 g/mol. The topological polar surface area (TPSA) is 49.8 Å². The van der Waals surface area contributed by atoms with E-state index in [4.69, 9.17) is 4.74 Å². The summed E-state index contributed by atoms with van der Waals surface area (Å²) in [5, 5.41) is 12.3. The second-order valence-corrected chi connectivity index (χ2v) is 8.23. The second-order valence-electron chi connectivity index (χ2n) is 8.23. The van der Waals surface area contributed by atoms with Gasteiger partial charge in [-0.1, -0.05) is 36.4 Å². The average Bonchev–Trinajstić information content (AvgIpc) is 3.07. The monoisotopic (exact) mass is 339 g/mol. The van der Waals surface area contributed by atoms with Crippen LogP contribution in [0.25, 0.3) is 10.8 Å². The minimum absolute atomic E-state index is 0.00639. The Hall–Kier alpha value is -2.07. The maximum atomic E-state index is 12.9. The van der Waals surface area contributed by atoms with Gasteiger partial charge in [0.2, 0.25) is 0 Å². The second kappa shape index (κ2) is 5.73. The van der Waals surface area contributed by atoms with Crippen LogP contribution in [0, 0.1) is 5.92 Å². The van der Waals surface area contributed by atoms with E-state index in [2.05, 4.69) is 24.3 Å². The predicted octanol–water partition coefficient (Wildman–Crippen LogP) is 4.05. The molecule has 1 saturated heterocycles. The smallest absolute Gasteiger partial charge is 0.411 e. The Bertz CT molecular complexity index is 823. The summed E-state index contributed by atoms with van der Waals surface area (Å²) < 4.78 is 5.66. The number of carbonyl (C=O) groups is 1. The van der Waals surface area contributed by atoms with Gasteiger partial charge in [0.05, 0.1) is 18.7 Å². The lowest BCUT2D eigenvalue weighted by atomic mass is 9.97. The van der Waals surface area contributed by atoms with E-state index < -0.39 is 5.60 Å². The van der Waals surface area contributed by atoms with Crippen molar-refractivity contribution in [2.24, 2.45) is 5.92 Å². The van der Waals surface area contributed by atoms with Crippen molar-refractivity contribution in [1.29, 1.82) is 0 Å². The van der Waals surface area contributed by atoms with Crippen LogP contribution in [0.3, 0.4) is 0 Å². The maximum Gasteiger partial charge on any atom is 0.411 e. The van der Waals surface area contributed by atoms with E-state index in [1.165, 1.54) is 21.9 Å². The fraction of sp³-hybridized carbons (Fsp3) is 0.476. The highest BCUT2D eigenvalue weighted by Crippen LogP contribution is 2.51. The highest BCUT2D eigenvalue weighted by molar-refractivity contribution is 5.88. The Kier molecular flexibility index (Phi) is 3.76. The third-order valence-electron chi connectivity index (χ3n) is 5.37. The van der Waals surface area contributed by atoms with Crippen molar-refractivity contribution in [2.75, 3.05) is 6.61 Å². The summed E-state index contributed by atoms with van der Waals surface area (Å²) in [6.07, 6.45) is 1.46. The Morgan fingerprint density at radius 1 is 1.24 bits per heavy atom. The van der Waals surface area contributed by atoms with Gasteiger partial charge in [-0.05, 0) is 61.4 Å². The first-order valence-electron chi connectivity index (χ1n) is 9.02. The molecule has 0 spiro atoms. The molecule has 1 aliphatic carbocycles. The number of hydrogen-bond donors (Lipinski definition) is 1. The van der Waals surface area contributed by atoms with Crippen LogP contribution < -0.4 is 0 Å². The number of ether oxygens (including phenoxy) is 1. The molecule has 0 radical (unpaired) electrons. The molecule has 25 heavy (non-hydrogen) atoms. The molecule has 1 N–H and O–H groups in total. The highest BCUT2D eigenvalue weighted by Gasteiger charge is 2.50. The van der Waals surface area contributed by atoms with Crippen molar-refractivity contribution in [3.8, 4) is 0 Å². The van der Waals surface area contributed by atoms with E-state index in [1.807, 2.05) is 32.9 Å². The number of hydrogen-bond acceptors (Lipinski definition) is 3. The third kappa shape index (κ3) is 2.69. The molecule has 4 nitrogen and oxygen atoms in total. The number of amides is 1. The van der Waals surface area contributed by atoms with E-state index in [0.29, 0.717) is 5.92 Å². The summed E-state index contributed by atoms with van der Waals surface area (Å²) in [5.74, 6) is 0.352. The van der Waals surface area contributed by atoms with Gasteiger partial charge in [-0.15, -0.1) is 0 Å². The van der Waals surface area contributed by atoms with Gasteiger partial charge < -0.3 is 9.84 Å². The molecule has 0 aromatic heterocycles. The van der Waals surface area contributed by atoms with Gasteiger partial charge in [-0.2, -0.15) is 0 Å². The molecular weight excluding hydrogens is 314 g/mol. The van der Waals surface area contributed by atoms with Crippen LogP contribution in [0.2, 0.25) is 0 Å². The van der Waals surface area contributed by atoms with Gasteiger partial charge >= 0.3 is 6.09 Å². The Morgan fingerprint density at radius 2 is 2.00 bits per heavy atom. The van der Waals surface area contributed by atoms with Crippen molar-refractivity contribution >= 4 is 16.9 Å². The Morgan fingerprint density at radius 3 is 2.72 bits per heavy atom. The number of fused-ring (bicyclic) bond motifs is 5. The lowest BCUT2D eigenvalue weighted by Crippen LogP contribution is -2.42. The molecule has 4 rings (SSSR count). The standard InChI is InChI=1S/C21H25NO3/c1-21(2,3)25-20(24)22-16(12-23)11-15-10-14-9-8-13-6-4-5-7-17(13)18(14)19(15)22/h4-9,15-16,19,23H,10-12H2,1-3H3/t15-,16+,19+/m1/s1. The van der Waals surface area contributed by atoms with Gasteiger partial charge in [-0.25, -0.2) is 4.79 Å². The van der Waals surface area contributed by atoms with Crippen molar-refractivity contribution in [2.45, 2.75) is 51.3 Å². The number of carbonyl (C=O) groups excluding carboxylic acids is 1. The van der Waals surface area contributed by atoms with Gasteiger partial charge in [0.25, 0.3) is 0 Å². The van der Waals surface area contributed by atoms with Crippen molar-refractivity contribution in [3.05, 3.63) is 47.5 Å². The van der Waals surface area contributed by atoms with Crippen molar-refractivity contribution in [1.82, 2.24) is 4.90 Å². The van der Waals surface area contributed by atoms with E-state index in [9.17, 15) is 9.90 Å². The van der Waals surface area contributed by atoms with Crippen LogP contribution in [-0.4, -0.2) is 34.3 Å². The largest absolute Gasteiger partial charge is 0.444 e. The molecule has 0 bridgehead atoms. The van der Waals surface area contributed by atoms with Crippen molar-refractivity contribution < 1.29 is 14.6 Å². The number of benzene rings is 2. The molecule has 2 aliphatic rings. The van der Waals surface area contributed by atoms with Crippen LogP contribution in [-0.2, 0) is 11.2 Å². The molecule has 3 atom stereocenters. The summed E-state index contributed by atoms with van der Waals surface area (Å²) in [5.41, 5.74) is 2.01. The SMILES string of the molecule is CC(C)(C)OC(=O)N1[C@H](CO)C[C@H]2Cc3ccc4ccccc4c3[C@H]21. The molecule has 1 amide bonds. The summed E-state index contributed by atoms with van der Waals surface area (Å²) in [4.78, 5) is 14.7. The highest BCUT2D eigenvalue weighted by atomic mass is 16.6. The number of aliphatic hydroxyl groups is 1. The molecule has 132 valence electrons. The minimum atomic E-state index is -0.546. The van der Waals surface area contributed by atoms with Gasteiger partial charge in [-0.3, -0.25) is 4.90 Å². The van der Waals surface area contributed by atoms with Crippen LogP contribution in [0.1, 0.15) is 44.4 Å². The fourth-order valence-electron chi connectivity index (χ4n) is 4.51. The van der Waals surface area contributed by atoms with Gasteiger partial charge in [0.1, 0.15) is 5.60 Å². The summed E-state index contributed by atoms with van der Waals surface area (Å²) in [6, 6.07) is 12.5. The Balaban J connectivity index is 1.80. The zero-order valence-electron chi connectivity index (χ0n) is 15.0. The zero-order valence-corrected chi connectivity index (χ0v) is 15.0. The Labute approximate surface area is 148 Å². The molecule has 4 heteroatoms. The number of rotatable bonds is 1. The molecule has 2 aromatic carbocycles. The predicted molar refractivity (Wildman–Crippen MR) is 97.4 cm³/mol. The first-order valence-corrected chi connectivity index (χ1v) is 9.02. The zero-order chi connectivity index (χ0) is 17.8. The van der Waals surface area contributed by atoms with Crippen LogP contribution in [0.15, 0.2) is 36.4 Å². The van der Waals surface area contributed by atoms with E-state index >= 15 is 0 Å². The molecule has 2 aromatic rings. The molecule has 0 unspecified atom stereocenters. The van der Waals surface area contributed by atoms with Gasteiger partial charge in [0.15, 0.2) is 0 Å². The summed E-state index contributed by atoms with van der Waals surface area (Å²) in [7, 11) is 0. The minimum Gasteiger partial charge on any atom is -0.444 e. The quantitative estimate of drug-likeness (QED) is 0.852. The molecule has 1 heterocycles. The first-order chi connectivity index (χ1) is 11.9. The number of aliphatic hydroxyl groups excluding tert-OH is 1. The lowest BCUT2D eigenvalue weighted by Gasteiger charge is -2.32. The maximum absolute atomic E-state index is 12.9. The number of likely N-dealkylation sites (tertiary alicyclic amines) is 1. The van der Waals surface area contributed by atoms with Crippen LogP contribution in [0.5, 0.6) is 0 Å². The lowest BCUT2D eigenvalue weighted by molar-refractivity contribution is 0.00808. The first kappa shape index (κ1) is 16.4. The van der Waals surface area contributed by atoms with Gasteiger partial charge in [0, 0.05) is 0 Å². The molecule has 1 fully saturated rings. The molecule has 1 aliphatic heterocycles. The van der Waals surface area contributed by atoms with E-state index in [0.717, 1.165) is 12.8 Å². The normalized spacial score (nSPS) is 25.1. The van der Waals surface area contributed by atoms with E-state index in [1.54, 1.807) is 4.90 Å². The van der Waals surface area contributed by atoms with Crippen LogP contribution in [0.4, 0.5) is 4.79 Å². The summed E-state index contributed by atoms with van der Waals surface area (Å²) in [6.45, 7) is 5.62.